The first-order chi connectivity index (χ1) is 12.9. The third-order valence-electron chi connectivity index (χ3n) is 3.44. The van der Waals surface area contributed by atoms with Crippen molar-refractivity contribution in [2.45, 2.75) is 59.9 Å². The maximum Gasteiger partial charge on any atom is 0.423 e. The summed E-state index contributed by atoms with van der Waals surface area (Å²) >= 11 is 0. The molecule has 31 heavy (non-hydrogen) atoms. The van der Waals surface area contributed by atoms with Crippen LogP contribution in [0.4, 0.5) is 87.8 Å². The Hall–Kier alpha value is -1.44. The van der Waals surface area contributed by atoms with Gasteiger partial charge in [0.05, 0.1) is 0 Å². The summed E-state index contributed by atoms with van der Waals surface area (Å²) < 4.78 is 254. The van der Waals surface area contributed by atoms with Gasteiger partial charge < -0.3 is 5.11 Å². The second kappa shape index (κ2) is 7.03. The first kappa shape index (κ1) is 29.6. The van der Waals surface area contributed by atoms with Gasteiger partial charge in [0.2, 0.25) is 0 Å². The van der Waals surface area contributed by atoms with Gasteiger partial charge in [0.1, 0.15) is 0 Å². The van der Waals surface area contributed by atoms with E-state index in [4.69, 9.17) is 5.11 Å². The van der Waals surface area contributed by atoms with E-state index in [2.05, 4.69) is 0 Å². The lowest BCUT2D eigenvalue weighted by Crippen LogP contribution is -2.76. The molecule has 0 radical (unpaired) electrons. The SMILES string of the molecule is OC(F)(F)C(F)(F)C(F)(F)C(F)(F)C(F)(F)C(F)(F)C(F)(F)C(F)(F)C(F)(F)C(F)F. The van der Waals surface area contributed by atoms with Crippen LogP contribution in [0.25, 0.3) is 0 Å². The smallest absolute Gasteiger partial charge is 0.331 e. The van der Waals surface area contributed by atoms with E-state index in [-0.39, 0.29) is 0 Å². The lowest BCUT2D eigenvalue weighted by Gasteiger charge is -2.43. The number of aliphatic hydroxyl groups is 1. The summed E-state index contributed by atoms with van der Waals surface area (Å²) in [6.45, 7) is 0. The van der Waals surface area contributed by atoms with E-state index in [1.54, 1.807) is 0 Å². The van der Waals surface area contributed by atoms with Crippen molar-refractivity contribution in [2.75, 3.05) is 0 Å². The highest BCUT2D eigenvalue weighted by Crippen LogP contribution is 2.65. The van der Waals surface area contributed by atoms with Gasteiger partial charge in [0.25, 0.3) is 0 Å². The molecule has 0 amide bonds. The van der Waals surface area contributed by atoms with Crippen LogP contribution in [-0.2, 0) is 0 Å². The Morgan fingerprint density at radius 2 is 0.548 bits per heavy atom. The zero-order valence-corrected chi connectivity index (χ0v) is 13.1. The van der Waals surface area contributed by atoms with Gasteiger partial charge in [-0.05, 0) is 0 Å². The topological polar surface area (TPSA) is 20.2 Å². The highest BCUT2D eigenvalue weighted by atomic mass is 19.4. The number of rotatable bonds is 9. The van der Waals surface area contributed by atoms with E-state index in [0.29, 0.717) is 0 Å². The van der Waals surface area contributed by atoms with E-state index in [9.17, 15) is 87.8 Å². The van der Waals surface area contributed by atoms with Crippen LogP contribution in [0, 0.1) is 0 Å². The van der Waals surface area contributed by atoms with Gasteiger partial charge >= 0.3 is 59.9 Å². The molecule has 0 saturated carbocycles. The lowest BCUT2D eigenvalue weighted by molar-refractivity contribution is -0.476. The summed E-state index contributed by atoms with van der Waals surface area (Å²) in [7, 11) is 0. The number of halogens is 20. The Kier molecular flexibility index (Phi) is 6.70. The van der Waals surface area contributed by atoms with E-state index in [1.165, 1.54) is 0 Å². The molecule has 0 fully saturated rings. The van der Waals surface area contributed by atoms with E-state index in [0.717, 1.165) is 0 Å². The Morgan fingerprint density at radius 3 is 0.742 bits per heavy atom. The highest BCUT2D eigenvalue weighted by molar-refractivity contribution is 5.16. The third kappa shape index (κ3) is 3.44. The fourth-order valence-electron chi connectivity index (χ4n) is 1.52. The van der Waals surface area contributed by atoms with Crippen molar-refractivity contribution < 1.29 is 92.9 Å². The van der Waals surface area contributed by atoms with Gasteiger partial charge in [-0.1, -0.05) is 0 Å². The molecular weight excluding hydrogens is 516 g/mol. The third-order valence-corrected chi connectivity index (χ3v) is 3.44. The minimum Gasteiger partial charge on any atom is -0.331 e. The highest BCUT2D eigenvalue weighted by Gasteiger charge is 2.96. The molecule has 188 valence electrons. The molecule has 0 aliphatic heterocycles. The van der Waals surface area contributed by atoms with Gasteiger partial charge in [-0.25, -0.2) is 8.78 Å². The fraction of sp³-hybridized carbons (Fsp3) is 1.00. The van der Waals surface area contributed by atoms with Crippen molar-refractivity contribution in [1.82, 2.24) is 0 Å². The Morgan fingerprint density at radius 1 is 0.355 bits per heavy atom. The second-order valence-corrected chi connectivity index (χ2v) is 5.49. The summed E-state index contributed by atoms with van der Waals surface area (Å²) in [5.41, 5.74) is 0. The summed E-state index contributed by atoms with van der Waals surface area (Å²) in [6, 6.07) is 0. The van der Waals surface area contributed by atoms with Gasteiger partial charge in [-0.15, -0.1) is 0 Å². The van der Waals surface area contributed by atoms with Crippen molar-refractivity contribution >= 4 is 0 Å². The molecular formula is C10H2F20O. The number of hydrogen-bond acceptors (Lipinski definition) is 1. The van der Waals surface area contributed by atoms with Crippen molar-refractivity contribution in [1.29, 1.82) is 0 Å². The molecule has 0 aromatic rings. The van der Waals surface area contributed by atoms with Crippen LogP contribution >= 0.6 is 0 Å². The molecule has 0 atom stereocenters. The zero-order valence-electron chi connectivity index (χ0n) is 13.1. The van der Waals surface area contributed by atoms with E-state index >= 15 is 0 Å². The van der Waals surface area contributed by atoms with Crippen molar-refractivity contribution in [3.05, 3.63) is 0 Å². The second-order valence-electron chi connectivity index (χ2n) is 5.49. The Balaban J connectivity index is 6.91. The lowest BCUT2D eigenvalue weighted by atomic mass is 9.87. The van der Waals surface area contributed by atoms with Gasteiger partial charge in [-0.3, -0.25) is 0 Å². The average Bonchev–Trinajstić information content (AvgIpc) is 2.52. The van der Waals surface area contributed by atoms with E-state index < -0.39 is 59.9 Å². The summed E-state index contributed by atoms with van der Waals surface area (Å²) in [5.74, 6) is -68.9. The van der Waals surface area contributed by atoms with Gasteiger partial charge in [0.15, 0.2) is 0 Å². The van der Waals surface area contributed by atoms with Crippen LogP contribution in [0.1, 0.15) is 0 Å². The quantitative estimate of drug-likeness (QED) is 0.376. The van der Waals surface area contributed by atoms with Crippen LogP contribution < -0.4 is 0 Å². The largest absolute Gasteiger partial charge is 0.423 e. The molecule has 0 rings (SSSR count). The van der Waals surface area contributed by atoms with Crippen LogP contribution in [-0.4, -0.2) is 65.0 Å². The zero-order chi connectivity index (χ0) is 26.1. The molecule has 21 heteroatoms. The fourth-order valence-corrected chi connectivity index (χ4v) is 1.52. The Labute approximate surface area is 154 Å². The standard InChI is InChI=1S/C10H2F20O/c11-1(12)2(13,14)3(15,16)4(17,18)5(19,20)6(21,22)7(23,24)8(25,26)9(27,28)10(29,30)31/h1,31H. The molecule has 0 bridgehead atoms. The van der Waals surface area contributed by atoms with E-state index in [1.807, 2.05) is 0 Å². The predicted molar refractivity (Wildman–Crippen MR) is 52.7 cm³/mol. The monoisotopic (exact) mass is 518 g/mol. The molecule has 0 aliphatic carbocycles. The average molecular weight is 518 g/mol. The molecule has 0 spiro atoms. The van der Waals surface area contributed by atoms with Crippen LogP contribution in [0.5, 0.6) is 0 Å². The molecule has 0 saturated heterocycles. The molecule has 1 nitrogen and oxygen atoms in total. The first-order valence-corrected chi connectivity index (χ1v) is 6.35. The minimum absolute atomic E-state index is 6.10. The molecule has 0 aromatic heterocycles. The normalized spacial score (nSPS) is 16.8. The molecule has 0 aromatic carbocycles. The van der Waals surface area contributed by atoms with Crippen molar-refractivity contribution in [3.8, 4) is 0 Å². The summed E-state index contributed by atoms with van der Waals surface area (Å²) in [4.78, 5) is 0. The van der Waals surface area contributed by atoms with Crippen LogP contribution in [0.2, 0.25) is 0 Å². The predicted octanol–water partition coefficient (Wildman–Crippen LogP) is 5.92. The maximum absolute atomic E-state index is 13.1. The van der Waals surface area contributed by atoms with Gasteiger partial charge in [0, 0.05) is 0 Å². The van der Waals surface area contributed by atoms with Crippen molar-refractivity contribution in [3.63, 3.8) is 0 Å². The van der Waals surface area contributed by atoms with Crippen LogP contribution in [0.3, 0.4) is 0 Å². The summed E-state index contributed by atoms with van der Waals surface area (Å²) in [6.07, 6.45) is -13.6. The maximum atomic E-state index is 13.1. The number of hydrogen-bond donors (Lipinski definition) is 1. The van der Waals surface area contributed by atoms with Gasteiger partial charge in [-0.2, -0.15) is 79.0 Å². The minimum atomic E-state index is -9.05. The Bertz CT molecular complexity index is 655. The van der Waals surface area contributed by atoms with Crippen LogP contribution in [0.15, 0.2) is 0 Å². The molecule has 0 unspecified atom stereocenters. The first-order valence-electron chi connectivity index (χ1n) is 6.35. The number of alkyl halides is 20. The molecule has 0 aliphatic rings. The molecule has 0 heterocycles. The molecule has 1 N–H and O–H groups in total. The summed E-state index contributed by atoms with van der Waals surface area (Å²) in [5, 5.41) is 7.39. The van der Waals surface area contributed by atoms with Crippen molar-refractivity contribution in [2.24, 2.45) is 0 Å².